The minimum absolute atomic E-state index is 0.109. The largest absolute Gasteiger partial charge is 0.391 e. The van der Waals surface area contributed by atoms with Gasteiger partial charge in [-0.15, -0.1) is 0 Å². The van der Waals surface area contributed by atoms with Crippen molar-refractivity contribution in [3.8, 4) is 0 Å². The average molecular weight is 495 g/mol. The molecule has 4 unspecified atom stereocenters. The van der Waals surface area contributed by atoms with Gasteiger partial charge in [0.25, 0.3) is 0 Å². The van der Waals surface area contributed by atoms with Crippen LogP contribution < -0.4 is 27.0 Å². The van der Waals surface area contributed by atoms with Crippen molar-refractivity contribution in [3.63, 3.8) is 0 Å². The number of hydrogen-bond acceptors (Lipinski definition) is 7. The van der Waals surface area contributed by atoms with Gasteiger partial charge in [-0.05, 0) is 44.4 Å². The standard InChI is InChI=1S/C22H38F4N6O2/c23-19-20(32-7-1-2-16(32)14-3-5-15(6-4-14)22(24,25)26)30-12-31-21(19)34-11-13-9-28-18(29-10-13)8-17(27)33/h13-16,18-21,28-31H,1-12H2,(H2,27,33). The van der Waals surface area contributed by atoms with E-state index in [2.05, 4.69) is 26.2 Å². The molecule has 0 aromatic rings. The van der Waals surface area contributed by atoms with Gasteiger partial charge in [0.15, 0.2) is 6.17 Å². The molecule has 3 aliphatic heterocycles. The van der Waals surface area contributed by atoms with Crippen LogP contribution in [0.15, 0.2) is 0 Å². The number of alkyl halides is 4. The molecule has 1 amide bonds. The number of amides is 1. The van der Waals surface area contributed by atoms with Crippen LogP contribution in [0.25, 0.3) is 0 Å². The zero-order valence-electron chi connectivity index (χ0n) is 19.5. The smallest absolute Gasteiger partial charge is 0.370 e. The van der Waals surface area contributed by atoms with Crippen LogP contribution in [0.2, 0.25) is 0 Å². The molecule has 12 heteroatoms. The van der Waals surface area contributed by atoms with E-state index in [1.54, 1.807) is 0 Å². The molecule has 4 atom stereocenters. The summed E-state index contributed by atoms with van der Waals surface area (Å²) in [6.45, 7) is 2.79. The Morgan fingerprint density at radius 3 is 2.38 bits per heavy atom. The number of hydrogen-bond donors (Lipinski definition) is 5. The Bertz CT molecular complexity index is 670. The van der Waals surface area contributed by atoms with E-state index in [1.807, 2.05) is 0 Å². The molecule has 8 nitrogen and oxygen atoms in total. The van der Waals surface area contributed by atoms with Gasteiger partial charge in [-0.2, -0.15) is 13.2 Å². The summed E-state index contributed by atoms with van der Waals surface area (Å²) in [5.74, 6) is -1.26. The number of likely N-dealkylation sites (tertiary alicyclic amines) is 1. The van der Waals surface area contributed by atoms with Gasteiger partial charge in [0.2, 0.25) is 5.91 Å². The highest BCUT2D eigenvalue weighted by atomic mass is 19.4. The molecule has 196 valence electrons. The molecule has 0 spiro atoms. The molecule has 4 aliphatic rings. The minimum atomic E-state index is -4.11. The average Bonchev–Trinajstić information content (AvgIpc) is 3.28. The van der Waals surface area contributed by atoms with Crippen LogP contribution in [-0.2, 0) is 9.53 Å². The first kappa shape index (κ1) is 26.0. The van der Waals surface area contributed by atoms with E-state index in [0.717, 1.165) is 19.4 Å². The predicted octanol–water partition coefficient (Wildman–Crippen LogP) is 0.987. The summed E-state index contributed by atoms with van der Waals surface area (Å²) >= 11 is 0. The number of ether oxygens (including phenoxy) is 1. The number of carbonyl (C=O) groups excluding carboxylic acids is 1. The second kappa shape index (κ2) is 11.3. The third kappa shape index (κ3) is 6.38. The zero-order valence-corrected chi connectivity index (χ0v) is 19.5. The highest BCUT2D eigenvalue weighted by Gasteiger charge is 2.47. The van der Waals surface area contributed by atoms with Crippen LogP contribution in [0.4, 0.5) is 17.6 Å². The van der Waals surface area contributed by atoms with Crippen molar-refractivity contribution in [2.75, 3.05) is 32.9 Å². The molecule has 0 aromatic carbocycles. The van der Waals surface area contributed by atoms with Crippen molar-refractivity contribution in [2.24, 2.45) is 23.5 Å². The van der Waals surface area contributed by atoms with Crippen LogP contribution in [-0.4, -0.2) is 80.7 Å². The Labute approximate surface area is 198 Å². The first-order valence-corrected chi connectivity index (χ1v) is 12.5. The molecule has 0 bridgehead atoms. The van der Waals surface area contributed by atoms with Gasteiger partial charge in [-0.25, -0.2) is 4.39 Å². The van der Waals surface area contributed by atoms with Crippen molar-refractivity contribution in [1.82, 2.24) is 26.2 Å². The van der Waals surface area contributed by atoms with Crippen LogP contribution >= 0.6 is 0 Å². The van der Waals surface area contributed by atoms with E-state index in [9.17, 15) is 18.0 Å². The molecular weight excluding hydrogens is 456 g/mol. The van der Waals surface area contributed by atoms with Crippen LogP contribution in [0.1, 0.15) is 44.9 Å². The molecule has 0 aromatic heterocycles. The quantitative estimate of drug-likeness (QED) is 0.336. The fourth-order valence-electron chi connectivity index (χ4n) is 6.07. The van der Waals surface area contributed by atoms with E-state index >= 15 is 4.39 Å². The first-order valence-electron chi connectivity index (χ1n) is 12.5. The minimum Gasteiger partial charge on any atom is -0.370 e. The Morgan fingerprint density at radius 1 is 1.03 bits per heavy atom. The number of rotatable bonds is 7. The maximum absolute atomic E-state index is 15.6. The molecule has 0 radical (unpaired) electrons. The SMILES string of the molecule is NC(=O)CC1NCC(COC2NCNC(N3CCCC3C3CCC(C(F)(F)F)CC3)C2F)CN1. The van der Waals surface area contributed by atoms with Crippen molar-refractivity contribution >= 4 is 5.91 Å². The summed E-state index contributed by atoms with van der Waals surface area (Å²) in [4.78, 5) is 13.2. The van der Waals surface area contributed by atoms with E-state index in [-0.39, 0.29) is 49.2 Å². The fourth-order valence-corrected chi connectivity index (χ4v) is 6.07. The van der Waals surface area contributed by atoms with E-state index in [0.29, 0.717) is 39.2 Å². The van der Waals surface area contributed by atoms with Gasteiger partial charge in [-0.1, -0.05) is 0 Å². The number of halogens is 4. The van der Waals surface area contributed by atoms with Gasteiger partial charge < -0.3 is 21.1 Å². The van der Waals surface area contributed by atoms with E-state index < -0.39 is 30.7 Å². The summed E-state index contributed by atoms with van der Waals surface area (Å²) in [5, 5.41) is 12.7. The molecule has 6 N–H and O–H groups in total. The van der Waals surface area contributed by atoms with E-state index in [1.165, 1.54) is 0 Å². The zero-order chi connectivity index (χ0) is 24.3. The highest BCUT2D eigenvalue weighted by molar-refractivity contribution is 5.74. The maximum atomic E-state index is 15.6. The summed E-state index contributed by atoms with van der Waals surface area (Å²) in [6.07, 6.45) is -3.34. The van der Waals surface area contributed by atoms with Gasteiger partial charge in [-0.3, -0.25) is 20.3 Å². The molecule has 3 heterocycles. The van der Waals surface area contributed by atoms with Crippen LogP contribution in [0, 0.1) is 17.8 Å². The number of primary amides is 1. The van der Waals surface area contributed by atoms with Crippen molar-refractivity contribution in [3.05, 3.63) is 0 Å². The van der Waals surface area contributed by atoms with Gasteiger partial charge in [0.05, 0.1) is 31.3 Å². The third-order valence-corrected chi connectivity index (χ3v) is 7.91. The van der Waals surface area contributed by atoms with Gasteiger partial charge >= 0.3 is 6.18 Å². The molecule has 3 saturated heterocycles. The first-order chi connectivity index (χ1) is 16.2. The lowest BCUT2D eigenvalue weighted by atomic mass is 9.77. The number of carbonyl (C=O) groups is 1. The normalized spacial score (nSPS) is 40.4. The van der Waals surface area contributed by atoms with Crippen LogP contribution in [0.3, 0.4) is 0 Å². The molecule has 1 aliphatic carbocycles. The van der Waals surface area contributed by atoms with Gasteiger partial charge in [0, 0.05) is 38.3 Å². The Morgan fingerprint density at radius 2 is 1.74 bits per heavy atom. The number of nitrogens with two attached hydrogens (primary N) is 1. The molecule has 34 heavy (non-hydrogen) atoms. The van der Waals surface area contributed by atoms with Crippen molar-refractivity contribution < 1.29 is 27.1 Å². The second-order valence-corrected chi connectivity index (χ2v) is 10.2. The van der Waals surface area contributed by atoms with Crippen molar-refractivity contribution in [2.45, 2.75) is 81.9 Å². The third-order valence-electron chi connectivity index (χ3n) is 7.91. The fraction of sp³-hybridized carbons (Fsp3) is 0.955. The Hall–Kier alpha value is -1.05. The summed E-state index contributed by atoms with van der Waals surface area (Å²) in [5.41, 5.74) is 5.23. The Balaban J connectivity index is 1.26. The summed E-state index contributed by atoms with van der Waals surface area (Å²) in [7, 11) is 0. The molecule has 1 saturated carbocycles. The number of nitrogens with zero attached hydrogens (tertiary/aromatic N) is 1. The second-order valence-electron chi connectivity index (χ2n) is 10.2. The maximum Gasteiger partial charge on any atom is 0.391 e. The van der Waals surface area contributed by atoms with E-state index in [4.69, 9.17) is 10.5 Å². The Kier molecular flexibility index (Phi) is 8.68. The highest BCUT2D eigenvalue weighted by Crippen LogP contribution is 2.43. The summed E-state index contributed by atoms with van der Waals surface area (Å²) in [6, 6.07) is 0.109. The monoisotopic (exact) mass is 494 g/mol. The molecule has 4 fully saturated rings. The lowest BCUT2D eigenvalue weighted by Crippen LogP contribution is -2.67. The topological polar surface area (TPSA) is 104 Å². The van der Waals surface area contributed by atoms with Crippen molar-refractivity contribution in [1.29, 1.82) is 0 Å². The lowest BCUT2D eigenvalue weighted by Gasteiger charge is -2.45. The number of nitrogens with one attached hydrogen (secondary N) is 4. The summed E-state index contributed by atoms with van der Waals surface area (Å²) < 4.78 is 60.7. The lowest BCUT2D eigenvalue weighted by molar-refractivity contribution is -0.185. The van der Waals surface area contributed by atoms with Gasteiger partial charge in [0.1, 0.15) is 6.23 Å². The molecular formula is C22H38F4N6O2. The molecule has 4 rings (SSSR count). The van der Waals surface area contributed by atoms with Crippen LogP contribution in [0.5, 0.6) is 0 Å². The predicted molar refractivity (Wildman–Crippen MR) is 118 cm³/mol.